The van der Waals surface area contributed by atoms with E-state index in [1.807, 2.05) is 35.2 Å². The molecule has 148 valence electrons. The molecule has 1 saturated heterocycles. The normalized spacial score (nSPS) is 13.8. The van der Waals surface area contributed by atoms with Crippen molar-refractivity contribution in [3.8, 4) is 11.5 Å². The lowest BCUT2D eigenvalue weighted by atomic mass is 10.1. The Morgan fingerprint density at radius 1 is 1.03 bits per heavy atom. The van der Waals surface area contributed by atoms with E-state index in [0.717, 1.165) is 0 Å². The summed E-state index contributed by atoms with van der Waals surface area (Å²) in [5.41, 5.74) is 0.705. The first kappa shape index (κ1) is 18.9. The summed E-state index contributed by atoms with van der Waals surface area (Å²) in [7, 11) is 0. The van der Waals surface area contributed by atoms with Crippen molar-refractivity contribution < 1.29 is 18.7 Å². The number of carbonyl (C=O) groups excluding carboxylic acids is 1. The summed E-state index contributed by atoms with van der Waals surface area (Å²) in [6.45, 7) is 2.39. The van der Waals surface area contributed by atoms with E-state index in [9.17, 15) is 9.18 Å². The summed E-state index contributed by atoms with van der Waals surface area (Å²) in [5, 5.41) is 2.67. The third-order valence-electron chi connectivity index (χ3n) is 4.52. The summed E-state index contributed by atoms with van der Waals surface area (Å²) in [6, 6.07) is 17.1. The first-order chi connectivity index (χ1) is 14.2. The minimum absolute atomic E-state index is 0.228. The van der Waals surface area contributed by atoms with E-state index < -0.39 is 11.7 Å². The number of anilines is 2. The number of benzene rings is 2. The van der Waals surface area contributed by atoms with E-state index >= 15 is 0 Å². The van der Waals surface area contributed by atoms with Crippen LogP contribution in [-0.2, 0) is 4.74 Å². The largest absolute Gasteiger partial charge is 0.456 e. The van der Waals surface area contributed by atoms with E-state index in [4.69, 9.17) is 9.47 Å². The molecule has 1 fully saturated rings. The van der Waals surface area contributed by atoms with E-state index in [-0.39, 0.29) is 5.56 Å². The number of morpholine rings is 1. The Hall–Kier alpha value is -3.45. The van der Waals surface area contributed by atoms with Crippen LogP contribution in [0, 0.1) is 5.82 Å². The average molecular weight is 393 g/mol. The zero-order chi connectivity index (χ0) is 20.1. The molecular formula is C22H20FN3O3. The smallest absolute Gasteiger partial charge is 0.256 e. The fraction of sp³-hybridized carbons (Fsp3) is 0.182. The highest BCUT2D eigenvalue weighted by molar-refractivity contribution is 6.04. The quantitative estimate of drug-likeness (QED) is 0.707. The molecule has 1 aliphatic heterocycles. The molecule has 0 spiro atoms. The molecule has 1 aromatic heterocycles. The number of aromatic nitrogens is 1. The molecule has 2 aromatic carbocycles. The van der Waals surface area contributed by atoms with Gasteiger partial charge < -0.3 is 19.7 Å². The van der Waals surface area contributed by atoms with E-state index in [0.29, 0.717) is 49.3 Å². The lowest BCUT2D eigenvalue weighted by molar-refractivity contribution is 0.102. The molecule has 3 aromatic rings. The maximum absolute atomic E-state index is 14.5. The number of carbonyl (C=O) groups is 1. The number of halogens is 1. The standard InChI is InChI=1S/C22H20FN3O3/c23-19-14-16(6-8-20(19)26-10-12-28-13-11-26)22(27)25-21-9-7-18(15-24-21)29-17-4-2-1-3-5-17/h1-9,14-15H,10-13H2,(H,24,25,27). The lowest BCUT2D eigenvalue weighted by Crippen LogP contribution is -2.36. The average Bonchev–Trinajstić information content (AvgIpc) is 2.76. The van der Waals surface area contributed by atoms with Crippen molar-refractivity contribution >= 4 is 17.4 Å². The van der Waals surface area contributed by atoms with Crippen LogP contribution in [0.4, 0.5) is 15.9 Å². The summed E-state index contributed by atoms with van der Waals surface area (Å²) >= 11 is 0. The van der Waals surface area contributed by atoms with Crippen LogP contribution in [0.25, 0.3) is 0 Å². The molecule has 0 bridgehead atoms. The number of pyridine rings is 1. The summed E-state index contributed by atoms with van der Waals surface area (Å²) in [6.07, 6.45) is 1.52. The van der Waals surface area contributed by atoms with Gasteiger partial charge >= 0.3 is 0 Å². The number of ether oxygens (including phenoxy) is 2. The zero-order valence-corrected chi connectivity index (χ0v) is 15.7. The molecule has 0 unspecified atom stereocenters. The minimum Gasteiger partial charge on any atom is -0.456 e. The highest BCUT2D eigenvalue weighted by atomic mass is 19.1. The maximum Gasteiger partial charge on any atom is 0.256 e. The topological polar surface area (TPSA) is 63.7 Å². The SMILES string of the molecule is O=C(Nc1ccc(Oc2ccccc2)cn1)c1ccc(N2CCOCC2)c(F)c1. The van der Waals surface area contributed by atoms with Gasteiger partial charge in [0.25, 0.3) is 5.91 Å². The Labute approximate surface area is 167 Å². The predicted molar refractivity (Wildman–Crippen MR) is 108 cm³/mol. The van der Waals surface area contributed by atoms with Crippen molar-refractivity contribution in [3.63, 3.8) is 0 Å². The van der Waals surface area contributed by atoms with Crippen molar-refractivity contribution in [2.24, 2.45) is 0 Å². The third kappa shape index (κ3) is 4.70. The van der Waals surface area contributed by atoms with Crippen molar-refractivity contribution in [2.75, 3.05) is 36.5 Å². The van der Waals surface area contributed by atoms with Crippen molar-refractivity contribution in [3.05, 3.63) is 78.2 Å². The summed E-state index contributed by atoms with van der Waals surface area (Å²) < 4.78 is 25.5. The number of para-hydroxylation sites is 1. The van der Waals surface area contributed by atoms with Crippen molar-refractivity contribution in [2.45, 2.75) is 0 Å². The number of hydrogen-bond donors (Lipinski definition) is 1. The number of amides is 1. The molecule has 4 rings (SSSR count). The number of rotatable bonds is 5. The molecule has 0 aliphatic carbocycles. The zero-order valence-electron chi connectivity index (χ0n) is 15.7. The van der Waals surface area contributed by atoms with E-state index in [1.165, 1.54) is 12.3 Å². The highest BCUT2D eigenvalue weighted by Gasteiger charge is 2.17. The monoisotopic (exact) mass is 393 g/mol. The van der Waals surface area contributed by atoms with E-state index in [2.05, 4.69) is 10.3 Å². The molecule has 1 aliphatic rings. The second-order valence-electron chi connectivity index (χ2n) is 6.51. The second kappa shape index (κ2) is 8.70. The fourth-order valence-electron chi connectivity index (χ4n) is 3.04. The van der Waals surface area contributed by atoms with Crippen LogP contribution < -0.4 is 15.0 Å². The first-order valence-electron chi connectivity index (χ1n) is 9.31. The Morgan fingerprint density at radius 2 is 1.83 bits per heavy atom. The number of nitrogens with zero attached hydrogens (tertiary/aromatic N) is 2. The van der Waals surface area contributed by atoms with Gasteiger partial charge in [0.05, 0.1) is 25.1 Å². The van der Waals surface area contributed by atoms with Crippen LogP contribution in [-0.4, -0.2) is 37.2 Å². The van der Waals surface area contributed by atoms with Crippen LogP contribution in [0.5, 0.6) is 11.5 Å². The van der Waals surface area contributed by atoms with Crippen LogP contribution >= 0.6 is 0 Å². The van der Waals surface area contributed by atoms with Crippen LogP contribution in [0.15, 0.2) is 66.9 Å². The Kier molecular flexibility index (Phi) is 5.67. The molecule has 2 heterocycles. The minimum atomic E-state index is -0.431. The molecule has 0 radical (unpaired) electrons. The van der Waals surface area contributed by atoms with Gasteiger partial charge in [0.15, 0.2) is 0 Å². The van der Waals surface area contributed by atoms with Gasteiger partial charge in [0.1, 0.15) is 23.1 Å². The van der Waals surface area contributed by atoms with Gasteiger partial charge in [0, 0.05) is 18.7 Å². The second-order valence-corrected chi connectivity index (χ2v) is 6.51. The van der Waals surface area contributed by atoms with Crippen LogP contribution in [0.1, 0.15) is 10.4 Å². The number of nitrogens with one attached hydrogen (secondary N) is 1. The van der Waals surface area contributed by atoms with E-state index in [1.54, 1.807) is 24.3 Å². The van der Waals surface area contributed by atoms with Crippen molar-refractivity contribution in [1.82, 2.24) is 4.98 Å². The molecule has 29 heavy (non-hydrogen) atoms. The maximum atomic E-state index is 14.5. The van der Waals surface area contributed by atoms with Gasteiger partial charge in [-0.05, 0) is 42.5 Å². The lowest BCUT2D eigenvalue weighted by Gasteiger charge is -2.29. The van der Waals surface area contributed by atoms with Gasteiger partial charge in [-0.2, -0.15) is 0 Å². The van der Waals surface area contributed by atoms with Crippen molar-refractivity contribution in [1.29, 1.82) is 0 Å². The molecule has 1 amide bonds. The first-order valence-corrected chi connectivity index (χ1v) is 9.31. The Morgan fingerprint density at radius 3 is 2.52 bits per heavy atom. The fourth-order valence-corrected chi connectivity index (χ4v) is 3.04. The molecule has 6 nitrogen and oxygen atoms in total. The highest BCUT2D eigenvalue weighted by Crippen LogP contribution is 2.23. The Bertz CT molecular complexity index is 974. The van der Waals surface area contributed by atoms with Gasteiger partial charge in [-0.15, -0.1) is 0 Å². The summed E-state index contributed by atoms with van der Waals surface area (Å²) in [5.74, 6) is 0.742. The van der Waals surface area contributed by atoms with Gasteiger partial charge in [-0.1, -0.05) is 18.2 Å². The summed E-state index contributed by atoms with van der Waals surface area (Å²) in [4.78, 5) is 18.5. The molecule has 0 saturated carbocycles. The number of hydrogen-bond acceptors (Lipinski definition) is 5. The molecule has 7 heteroatoms. The predicted octanol–water partition coefficient (Wildman–Crippen LogP) is 4.10. The van der Waals surface area contributed by atoms with Crippen LogP contribution in [0.2, 0.25) is 0 Å². The molecular weight excluding hydrogens is 373 g/mol. The molecule has 0 atom stereocenters. The van der Waals surface area contributed by atoms with Gasteiger partial charge in [-0.3, -0.25) is 4.79 Å². The van der Waals surface area contributed by atoms with Gasteiger partial charge in [0.2, 0.25) is 0 Å². The third-order valence-corrected chi connectivity index (χ3v) is 4.52. The van der Waals surface area contributed by atoms with Gasteiger partial charge in [-0.25, -0.2) is 9.37 Å². The Balaban J connectivity index is 1.40. The molecule has 1 N–H and O–H groups in total. The van der Waals surface area contributed by atoms with Crippen LogP contribution in [0.3, 0.4) is 0 Å².